The summed E-state index contributed by atoms with van der Waals surface area (Å²) in [6, 6.07) is 3.36. The zero-order valence-corrected chi connectivity index (χ0v) is 13.2. The van der Waals surface area contributed by atoms with Crippen LogP contribution in [-0.2, 0) is 0 Å². The number of halogens is 2. The maximum absolute atomic E-state index is 11.7. The number of carbonyl (C=O) groups excluding carboxylic acids is 1. The molecule has 1 atom stereocenters. The zero-order valence-electron chi connectivity index (χ0n) is 10.0. The molecule has 96 valence electrons. The van der Waals surface area contributed by atoms with Crippen LogP contribution in [-0.4, -0.2) is 17.3 Å². The largest absolute Gasteiger partial charge is 0.444 e. The van der Waals surface area contributed by atoms with Crippen LogP contribution in [0.3, 0.4) is 0 Å². The fourth-order valence-electron chi connectivity index (χ4n) is 1.68. The maximum atomic E-state index is 11.7. The Kier molecular flexibility index (Phi) is 6.27. The third kappa shape index (κ3) is 4.47. The molecule has 1 unspecified atom stereocenters. The molecule has 1 amide bonds. The summed E-state index contributed by atoms with van der Waals surface area (Å²) >= 11 is 6.79. The van der Waals surface area contributed by atoms with Gasteiger partial charge in [-0.1, -0.05) is 42.6 Å². The Bertz CT molecular complexity index is 361. The summed E-state index contributed by atoms with van der Waals surface area (Å²) in [6.45, 7) is 4.94. The number of hydrogen-bond donors (Lipinski definition) is 1. The van der Waals surface area contributed by atoms with Crippen molar-refractivity contribution < 1.29 is 9.21 Å². The molecular weight excluding hydrogens is 350 g/mol. The molecule has 0 aromatic carbocycles. The van der Waals surface area contributed by atoms with E-state index >= 15 is 0 Å². The van der Waals surface area contributed by atoms with Crippen molar-refractivity contribution in [3.05, 3.63) is 22.6 Å². The van der Waals surface area contributed by atoms with Crippen LogP contribution in [0.25, 0.3) is 0 Å². The van der Waals surface area contributed by atoms with E-state index in [0.29, 0.717) is 27.7 Å². The highest BCUT2D eigenvalue weighted by Crippen LogP contribution is 2.20. The monoisotopic (exact) mass is 365 g/mol. The first kappa shape index (κ1) is 14.8. The second kappa shape index (κ2) is 7.21. The highest BCUT2D eigenvalue weighted by Gasteiger charge is 2.17. The topological polar surface area (TPSA) is 42.2 Å². The van der Waals surface area contributed by atoms with E-state index in [1.165, 1.54) is 0 Å². The number of amides is 1. The number of furan rings is 1. The number of nitrogens with one attached hydrogen (secondary N) is 1. The highest BCUT2D eigenvalue weighted by atomic mass is 79.9. The van der Waals surface area contributed by atoms with Crippen LogP contribution in [0.4, 0.5) is 0 Å². The van der Waals surface area contributed by atoms with Crippen LogP contribution >= 0.6 is 31.9 Å². The fraction of sp³-hybridized carbons (Fsp3) is 0.583. The Morgan fingerprint density at radius 1 is 1.41 bits per heavy atom. The van der Waals surface area contributed by atoms with Crippen molar-refractivity contribution in [1.29, 1.82) is 0 Å². The van der Waals surface area contributed by atoms with Crippen LogP contribution in [0.2, 0.25) is 0 Å². The van der Waals surface area contributed by atoms with Gasteiger partial charge in [0.05, 0.1) is 0 Å². The molecule has 0 aliphatic heterocycles. The summed E-state index contributed by atoms with van der Waals surface area (Å²) in [4.78, 5) is 12.0. The quantitative estimate of drug-likeness (QED) is 0.774. The first-order chi connectivity index (χ1) is 8.08. The van der Waals surface area contributed by atoms with Gasteiger partial charge >= 0.3 is 0 Å². The fourth-order valence-corrected chi connectivity index (χ4v) is 2.90. The predicted octanol–water partition coefficient (Wildman–Crippen LogP) is 3.97. The summed E-state index contributed by atoms with van der Waals surface area (Å²) in [5.41, 5.74) is 0. The van der Waals surface area contributed by atoms with Crippen LogP contribution in [0.5, 0.6) is 0 Å². The van der Waals surface area contributed by atoms with Gasteiger partial charge in [-0.15, -0.1) is 0 Å². The number of carbonyl (C=O) groups is 1. The van der Waals surface area contributed by atoms with Gasteiger partial charge in [0.15, 0.2) is 10.4 Å². The van der Waals surface area contributed by atoms with Gasteiger partial charge in [0.1, 0.15) is 0 Å². The Morgan fingerprint density at radius 2 is 2.06 bits per heavy atom. The minimum Gasteiger partial charge on any atom is -0.444 e. The van der Waals surface area contributed by atoms with Crippen molar-refractivity contribution in [1.82, 2.24) is 5.32 Å². The molecule has 0 spiro atoms. The molecule has 0 fully saturated rings. The lowest BCUT2D eigenvalue weighted by Crippen LogP contribution is -2.32. The second-order valence-corrected chi connectivity index (χ2v) is 5.86. The molecule has 0 bridgehead atoms. The van der Waals surface area contributed by atoms with E-state index in [1.807, 2.05) is 0 Å². The molecule has 1 aromatic heterocycles. The maximum Gasteiger partial charge on any atom is 0.287 e. The molecule has 1 heterocycles. The highest BCUT2D eigenvalue weighted by molar-refractivity contribution is 9.10. The molecule has 0 aliphatic carbocycles. The summed E-state index contributed by atoms with van der Waals surface area (Å²) < 4.78 is 5.75. The average molecular weight is 367 g/mol. The van der Waals surface area contributed by atoms with Gasteiger partial charge in [0, 0.05) is 11.4 Å². The molecule has 0 radical (unpaired) electrons. The van der Waals surface area contributed by atoms with Crippen molar-refractivity contribution in [2.75, 3.05) is 6.54 Å². The third-order valence-corrected chi connectivity index (χ3v) is 4.31. The van der Waals surface area contributed by atoms with Crippen LogP contribution in [0, 0.1) is 5.92 Å². The standard InChI is InChI=1S/C12H17Br2NO2/c1-3-8(4-2)9(13)7-15-12(16)10-5-6-11(14)17-10/h5-6,8-9H,3-4,7H2,1-2H3,(H,15,16). The van der Waals surface area contributed by atoms with E-state index in [1.54, 1.807) is 12.1 Å². The molecule has 3 nitrogen and oxygen atoms in total. The van der Waals surface area contributed by atoms with Crippen molar-refractivity contribution >= 4 is 37.8 Å². The Hall–Kier alpha value is -0.290. The summed E-state index contributed by atoms with van der Waals surface area (Å²) in [6.07, 6.45) is 2.21. The minimum absolute atomic E-state index is 0.175. The van der Waals surface area contributed by atoms with E-state index in [9.17, 15) is 4.79 Å². The van der Waals surface area contributed by atoms with Crippen molar-refractivity contribution in [3.8, 4) is 0 Å². The van der Waals surface area contributed by atoms with Crippen molar-refractivity contribution in [2.24, 2.45) is 5.92 Å². The van der Waals surface area contributed by atoms with Crippen LogP contribution < -0.4 is 5.32 Å². The Morgan fingerprint density at radius 3 is 2.53 bits per heavy atom. The van der Waals surface area contributed by atoms with E-state index in [-0.39, 0.29) is 5.91 Å². The minimum atomic E-state index is -0.175. The zero-order chi connectivity index (χ0) is 12.8. The smallest absolute Gasteiger partial charge is 0.287 e. The number of rotatable bonds is 6. The van der Waals surface area contributed by atoms with Crippen molar-refractivity contribution in [2.45, 2.75) is 31.5 Å². The van der Waals surface area contributed by atoms with Gasteiger partial charge in [-0.3, -0.25) is 4.79 Å². The molecule has 1 N–H and O–H groups in total. The van der Waals surface area contributed by atoms with Crippen molar-refractivity contribution in [3.63, 3.8) is 0 Å². The van der Waals surface area contributed by atoms with Gasteiger partial charge in [0.25, 0.3) is 5.91 Å². The van der Waals surface area contributed by atoms with Gasteiger partial charge in [-0.05, 0) is 34.0 Å². The molecule has 5 heteroatoms. The SMILES string of the molecule is CCC(CC)C(Br)CNC(=O)c1ccc(Br)o1. The Balaban J connectivity index is 2.43. The van der Waals surface area contributed by atoms with E-state index < -0.39 is 0 Å². The summed E-state index contributed by atoms with van der Waals surface area (Å²) in [7, 11) is 0. The molecular formula is C12H17Br2NO2. The van der Waals surface area contributed by atoms with Gasteiger partial charge in [-0.2, -0.15) is 0 Å². The predicted molar refractivity (Wildman–Crippen MR) is 75.5 cm³/mol. The molecule has 0 aliphatic rings. The van der Waals surface area contributed by atoms with Crippen LogP contribution in [0.1, 0.15) is 37.2 Å². The average Bonchev–Trinajstić information content (AvgIpc) is 2.74. The lowest BCUT2D eigenvalue weighted by atomic mass is 9.99. The van der Waals surface area contributed by atoms with Gasteiger partial charge < -0.3 is 9.73 Å². The van der Waals surface area contributed by atoms with Gasteiger partial charge in [0.2, 0.25) is 0 Å². The number of hydrogen-bond acceptors (Lipinski definition) is 2. The molecule has 1 rings (SSSR count). The van der Waals surface area contributed by atoms with Gasteiger partial charge in [-0.25, -0.2) is 0 Å². The van der Waals surface area contributed by atoms with E-state index in [4.69, 9.17) is 4.42 Å². The van der Waals surface area contributed by atoms with Crippen LogP contribution in [0.15, 0.2) is 21.2 Å². The summed E-state index contributed by atoms with van der Waals surface area (Å²) in [5.74, 6) is 0.742. The third-order valence-electron chi connectivity index (χ3n) is 2.81. The second-order valence-electron chi connectivity index (χ2n) is 3.91. The lowest BCUT2D eigenvalue weighted by molar-refractivity contribution is 0.0923. The first-order valence-corrected chi connectivity index (χ1v) is 7.46. The first-order valence-electron chi connectivity index (χ1n) is 5.76. The molecule has 1 aromatic rings. The van der Waals surface area contributed by atoms with E-state index in [2.05, 4.69) is 51.0 Å². The Labute approximate surface area is 119 Å². The van der Waals surface area contributed by atoms with E-state index in [0.717, 1.165) is 12.8 Å². The molecule has 17 heavy (non-hydrogen) atoms. The normalized spacial score (nSPS) is 12.8. The molecule has 0 saturated carbocycles. The summed E-state index contributed by atoms with van der Waals surface area (Å²) in [5, 5.41) is 2.86. The number of alkyl halides is 1. The molecule has 0 saturated heterocycles. The lowest BCUT2D eigenvalue weighted by Gasteiger charge is -2.19.